The van der Waals surface area contributed by atoms with Gasteiger partial charge in [0.25, 0.3) is 5.56 Å². The van der Waals surface area contributed by atoms with Gasteiger partial charge in [0.1, 0.15) is 5.82 Å². The third-order valence-corrected chi connectivity index (χ3v) is 3.02. The van der Waals surface area contributed by atoms with E-state index in [9.17, 15) is 9.59 Å². The van der Waals surface area contributed by atoms with E-state index >= 15 is 0 Å². The Morgan fingerprint density at radius 2 is 2.06 bits per heavy atom. The molecule has 1 aromatic rings. The molecular formula is C9H9Br3N2O3. The zero-order chi connectivity index (χ0) is 13.2. The molecule has 0 spiro atoms. The molecule has 0 unspecified atom stereocenters. The average Bonchev–Trinajstić information content (AvgIpc) is 2.20. The summed E-state index contributed by atoms with van der Waals surface area (Å²) in [5.74, 6) is -0.384. The molecule has 94 valence electrons. The van der Waals surface area contributed by atoms with Crippen LogP contribution in [0.25, 0.3) is 0 Å². The SMILES string of the molecule is CCOC(=O)c1nc(C(Br)(Br)Br)[nH]c(=O)c1C. The molecule has 0 amide bonds. The van der Waals surface area contributed by atoms with E-state index in [0.29, 0.717) is 0 Å². The Morgan fingerprint density at radius 1 is 1.47 bits per heavy atom. The summed E-state index contributed by atoms with van der Waals surface area (Å²) in [6.45, 7) is 3.43. The van der Waals surface area contributed by atoms with Gasteiger partial charge in [-0.2, -0.15) is 0 Å². The van der Waals surface area contributed by atoms with Crippen molar-refractivity contribution >= 4 is 53.8 Å². The number of esters is 1. The van der Waals surface area contributed by atoms with Crippen LogP contribution in [0.4, 0.5) is 0 Å². The van der Waals surface area contributed by atoms with E-state index in [1.165, 1.54) is 6.92 Å². The lowest BCUT2D eigenvalue weighted by molar-refractivity contribution is 0.0517. The highest BCUT2D eigenvalue weighted by Crippen LogP contribution is 2.42. The highest BCUT2D eigenvalue weighted by molar-refractivity contribution is 9.38. The van der Waals surface area contributed by atoms with Gasteiger partial charge in [0.2, 0.25) is 0 Å². The number of nitrogens with zero attached hydrogens (tertiary/aromatic N) is 1. The first-order valence-electron chi connectivity index (χ1n) is 4.62. The third-order valence-electron chi connectivity index (χ3n) is 1.89. The number of aromatic nitrogens is 2. The monoisotopic (exact) mass is 430 g/mol. The van der Waals surface area contributed by atoms with E-state index in [4.69, 9.17) is 4.74 Å². The van der Waals surface area contributed by atoms with Crippen molar-refractivity contribution in [1.82, 2.24) is 9.97 Å². The fourth-order valence-electron chi connectivity index (χ4n) is 1.06. The Bertz CT molecular complexity index is 493. The molecule has 0 aromatic carbocycles. The maximum absolute atomic E-state index is 11.7. The molecule has 8 heteroatoms. The standard InChI is InChI=1S/C9H9Br3N2O3/c1-3-17-7(16)5-4(2)6(15)14-8(13-5)9(10,11)12/h3H2,1-2H3,(H,13,14,15). The van der Waals surface area contributed by atoms with E-state index in [1.54, 1.807) is 6.92 Å². The van der Waals surface area contributed by atoms with Gasteiger partial charge in [-0.3, -0.25) is 4.79 Å². The van der Waals surface area contributed by atoms with Gasteiger partial charge >= 0.3 is 5.97 Å². The fourth-order valence-corrected chi connectivity index (χ4v) is 1.63. The molecule has 5 nitrogen and oxygen atoms in total. The summed E-state index contributed by atoms with van der Waals surface area (Å²) in [5.41, 5.74) is -0.155. The number of carbonyl (C=O) groups excluding carboxylic acids is 1. The van der Waals surface area contributed by atoms with Crippen LogP contribution in [0.2, 0.25) is 0 Å². The molecule has 17 heavy (non-hydrogen) atoms. The number of alkyl halides is 3. The lowest BCUT2D eigenvalue weighted by atomic mass is 10.2. The number of H-pyrrole nitrogens is 1. The second kappa shape index (κ2) is 5.62. The first kappa shape index (κ1) is 14.8. The molecular weight excluding hydrogens is 424 g/mol. The number of halogens is 3. The predicted octanol–water partition coefficient (Wildman–Crippen LogP) is 2.55. The van der Waals surface area contributed by atoms with Crippen LogP contribution in [0, 0.1) is 6.92 Å². The van der Waals surface area contributed by atoms with Crippen LogP contribution in [-0.4, -0.2) is 22.5 Å². The van der Waals surface area contributed by atoms with Crippen LogP contribution in [0.1, 0.15) is 28.8 Å². The van der Waals surface area contributed by atoms with Crippen molar-refractivity contribution in [2.45, 2.75) is 16.0 Å². The van der Waals surface area contributed by atoms with Crippen LogP contribution in [-0.2, 0) is 6.88 Å². The van der Waals surface area contributed by atoms with Crippen molar-refractivity contribution < 1.29 is 9.53 Å². The fraction of sp³-hybridized carbons (Fsp3) is 0.444. The van der Waals surface area contributed by atoms with Crippen molar-refractivity contribution in [1.29, 1.82) is 0 Å². The minimum atomic E-state index is -0.888. The van der Waals surface area contributed by atoms with E-state index in [2.05, 4.69) is 57.8 Å². The van der Waals surface area contributed by atoms with Gasteiger partial charge in [0.15, 0.2) is 7.84 Å². The second-order valence-electron chi connectivity index (χ2n) is 3.11. The summed E-state index contributed by atoms with van der Waals surface area (Å²) < 4.78 is 3.94. The maximum Gasteiger partial charge on any atom is 0.357 e. The Labute approximate surface area is 123 Å². The van der Waals surface area contributed by atoms with Gasteiger partial charge in [-0.15, -0.1) is 0 Å². The summed E-state index contributed by atoms with van der Waals surface area (Å²) in [6.07, 6.45) is 0. The van der Waals surface area contributed by atoms with E-state index in [0.717, 1.165) is 0 Å². The molecule has 1 aromatic heterocycles. The minimum Gasteiger partial charge on any atom is -0.461 e. The van der Waals surface area contributed by atoms with Crippen molar-refractivity contribution in [3.05, 3.63) is 27.4 Å². The van der Waals surface area contributed by atoms with Crippen molar-refractivity contribution in [2.75, 3.05) is 6.61 Å². The molecule has 0 aliphatic heterocycles. The highest BCUT2D eigenvalue weighted by atomic mass is 80.0. The van der Waals surface area contributed by atoms with Gasteiger partial charge < -0.3 is 9.72 Å². The van der Waals surface area contributed by atoms with Crippen LogP contribution in [0.3, 0.4) is 0 Å². The number of ether oxygens (including phenoxy) is 1. The lowest BCUT2D eigenvalue weighted by Crippen LogP contribution is -2.24. The van der Waals surface area contributed by atoms with E-state index in [-0.39, 0.29) is 29.2 Å². The Hall–Kier alpha value is -0.210. The van der Waals surface area contributed by atoms with E-state index in [1.807, 2.05) is 0 Å². The summed E-state index contributed by atoms with van der Waals surface area (Å²) in [7, 11) is 0. The molecule has 0 aliphatic carbocycles. The van der Waals surface area contributed by atoms with Crippen LogP contribution in [0.15, 0.2) is 4.79 Å². The van der Waals surface area contributed by atoms with Gasteiger partial charge in [0, 0.05) is 5.56 Å². The number of aromatic amines is 1. The van der Waals surface area contributed by atoms with Crippen molar-refractivity contribution in [2.24, 2.45) is 0 Å². The van der Waals surface area contributed by atoms with Gasteiger partial charge in [0.05, 0.1) is 6.61 Å². The summed E-state index contributed by atoms with van der Waals surface area (Å²) in [6, 6.07) is 0. The van der Waals surface area contributed by atoms with Crippen LogP contribution >= 0.6 is 47.8 Å². The Morgan fingerprint density at radius 3 is 2.53 bits per heavy atom. The minimum absolute atomic E-state index is 0.00771. The molecule has 0 fully saturated rings. The third kappa shape index (κ3) is 3.62. The molecule has 1 N–H and O–H groups in total. The molecule has 0 saturated heterocycles. The number of nitrogens with one attached hydrogen (secondary N) is 1. The number of carbonyl (C=O) groups is 1. The quantitative estimate of drug-likeness (QED) is 0.576. The molecule has 0 radical (unpaired) electrons. The molecule has 0 atom stereocenters. The molecule has 0 aliphatic rings. The van der Waals surface area contributed by atoms with Crippen molar-refractivity contribution in [3.63, 3.8) is 0 Å². The maximum atomic E-state index is 11.7. The number of hydrogen-bond donors (Lipinski definition) is 1. The smallest absolute Gasteiger partial charge is 0.357 e. The summed E-state index contributed by atoms with van der Waals surface area (Å²) in [4.78, 5) is 29.9. The Balaban J connectivity index is 3.35. The molecule has 1 heterocycles. The van der Waals surface area contributed by atoms with Crippen LogP contribution in [0.5, 0.6) is 0 Å². The molecule has 0 bridgehead atoms. The zero-order valence-corrected chi connectivity index (χ0v) is 13.8. The van der Waals surface area contributed by atoms with Crippen LogP contribution < -0.4 is 5.56 Å². The number of rotatable bonds is 2. The molecule has 1 rings (SSSR count). The summed E-state index contributed by atoms with van der Waals surface area (Å²) >= 11 is 9.65. The Kier molecular flexibility index (Phi) is 4.91. The number of hydrogen-bond acceptors (Lipinski definition) is 4. The highest BCUT2D eigenvalue weighted by Gasteiger charge is 2.27. The predicted molar refractivity (Wildman–Crippen MR) is 74.0 cm³/mol. The lowest BCUT2D eigenvalue weighted by Gasteiger charge is -2.13. The topological polar surface area (TPSA) is 72.0 Å². The normalized spacial score (nSPS) is 11.4. The first-order chi connectivity index (χ1) is 7.77. The second-order valence-corrected chi connectivity index (χ2v) is 9.87. The zero-order valence-electron chi connectivity index (χ0n) is 9.01. The van der Waals surface area contributed by atoms with Gasteiger partial charge in [-0.1, -0.05) is 47.8 Å². The average molecular weight is 433 g/mol. The molecule has 0 saturated carbocycles. The van der Waals surface area contributed by atoms with E-state index < -0.39 is 8.11 Å². The largest absolute Gasteiger partial charge is 0.461 e. The van der Waals surface area contributed by atoms with Crippen molar-refractivity contribution in [3.8, 4) is 0 Å². The first-order valence-corrected chi connectivity index (χ1v) is 7.00. The summed E-state index contributed by atoms with van der Waals surface area (Å²) in [5, 5.41) is 0. The van der Waals surface area contributed by atoms with Gasteiger partial charge in [-0.05, 0) is 13.8 Å². The van der Waals surface area contributed by atoms with Gasteiger partial charge in [-0.25, -0.2) is 9.78 Å².